The van der Waals surface area contributed by atoms with Crippen molar-refractivity contribution in [3.63, 3.8) is 0 Å². The minimum absolute atomic E-state index is 0.0576. The van der Waals surface area contributed by atoms with Crippen LogP contribution >= 0.6 is 22.6 Å². The molecule has 0 radical (unpaired) electrons. The van der Waals surface area contributed by atoms with E-state index in [0.29, 0.717) is 14.9 Å². The van der Waals surface area contributed by atoms with Crippen LogP contribution in [0.25, 0.3) is 0 Å². The van der Waals surface area contributed by atoms with E-state index in [4.69, 9.17) is 4.74 Å². The first-order valence-electron chi connectivity index (χ1n) is 8.18. The summed E-state index contributed by atoms with van der Waals surface area (Å²) in [5.41, 5.74) is 0.649. The standard InChI is InChI=1S/C18H17IN2O4/c1-25-13-7-9(6-12(19)16(13)22)8-20-21-17(23)14-10-2-3-11(5-4-10)15(14)18(21)24/h2-3,6-8,10-11,14-15,22H,4-5H2,1H3/b20-8+. The molecule has 6 nitrogen and oxygen atoms in total. The summed E-state index contributed by atoms with van der Waals surface area (Å²) in [7, 11) is 1.47. The molecule has 1 aliphatic heterocycles. The van der Waals surface area contributed by atoms with Gasteiger partial charge in [0.05, 0.1) is 28.7 Å². The number of carbonyl (C=O) groups excluding carboxylic acids is 2. The van der Waals surface area contributed by atoms with Gasteiger partial charge in [-0.05, 0) is 65.0 Å². The highest BCUT2D eigenvalue weighted by Gasteiger charge is 2.56. The van der Waals surface area contributed by atoms with Gasteiger partial charge in [0.15, 0.2) is 11.5 Å². The van der Waals surface area contributed by atoms with Crippen LogP contribution in [0.4, 0.5) is 0 Å². The molecule has 1 N–H and O–H groups in total. The van der Waals surface area contributed by atoms with Crippen LogP contribution in [0.15, 0.2) is 29.4 Å². The number of fused-ring (bicyclic) bond motifs is 1. The molecule has 3 aliphatic carbocycles. The third kappa shape index (κ3) is 2.56. The molecule has 2 amide bonds. The molecule has 7 heteroatoms. The number of carbonyl (C=O) groups is 2. The average molecular weight is 452 g/mol. The summed E-state index contributed by atoms with van der Waals surface area (Å²) < 4.78 is 5.73. The molecule has 1 saturated carbocycles. The van der Waals surface area contributed by atoms with Gasteiger partial charge < -0.3 is 9.84 Å². The molecule has 130 valence electrons. The Labute approximate surface area is 158 Å². The number of halogens is 1. The van der Waals surface area contributed by atoms with Gasteiger partial charge in [0, 0.05) is 0 Å². The van der Waals surface area contributed by atoms with Crippen molar-refractivity contribution in [2.24, 2.45) is 28.8 Å². The van der Waals surface area contributed by atoms with Gasteiger partial charge in [-0.15, -0.1) is 0 Å². The minimum Gasteiger partial charge on any atom is -0.504 e. The summed E-state index contributed by atoms with van der Waals surface area (Å²) in [4.78, 5) is 25.4. The number of imide groups is 1. The van der Waals surface area contributed by atoms with Crippen LogP contribution in [-0.2, 0) is 9.59 Å². The highest BCUT2D eigenvalue weighted by atomic mass is 127. The number of benzene rings is 1. The number of phenolic OH excluding ortho intramolecular Hbond substituents is 1. The SMILES string of the molecule is COc1cc(/C=N/N2C(=O)C3C4C=CC(CC4)C3C2=O)cc(I)c1O. The topological polar surface area (TPSA) is 79.2 Å². The molecule has 2 bridgehead atoms. The van der Waals surface area contributed by atoms with Crippen LogP contribution in [0.3, 0.4) is 0 Å². The molecule has 4 atom stereocenters. The molecule has 1 aromatic carbocycles. The maximum Gasteiger partial charge on any atom is 0.254 e. The zero-order valence-corrected chi connectivity index (χ0v) is 15.7. The highest BCUT2D eigenvalue weighted by molar-refractivity contribution is 14.1. The van der Waals surface area contributed by atoms with Crippen molar-refractivity contribution in [3.05, 3.63) is 33.4 Å². The second-order valence-electron chi connectivity index (χ2n) is 6.63. The molecule has 2 fully saturated rings. The predicted molar refractivity (Wildman–Crippen MR) is 99.2 cm³/mol. The lowest BCUT2D eigenvalue weighted by atomic mass is 9.63. The van der Waals surface area contributed by atoms with Gasteiger partial charge in [0.25, 0.3) is 11.8 Å². The third-order valence-electron chi connectivity index (χ3n) is 5.33. The zero-order chi connectivity index (χ0) is 17.7. The Balaban J connectivity index is 1.62. The number of amides is 2. The molecule has 4 unspecified atom stereocenters. The smallest absolute Gasteiger partial charge is 0.254 e. The first-order chi connectivity index (χ1) is 12.0. The van der Waals surface area contributed by atoms with Gasteiger partial charge >= 0.3 is 0 Å². The van der Waals surface area contributed by atoms with Crippen LogP contribution in [0.1, 0.15) is 18.4 Å². The maximum absolute atomic E-state index is 12.7. The number of rotatable bonds is 3. The van der Waals surface area contributed by atoms with E-state index in [9.17, 15) is 14.7 Å². The predicted octanol–water partition coefficient (Wildman–Crippen LogP) is 2.54. The molecule has 5 rings (SSSR count). The molecule has 25 heavy (non-hydrogen) atoms. The van der Waals surface area contributed by atoms with E-state index in [1.54, 1.807) is 12.1 Å². The summed E-state index contributed by atoms with van der Waals surface area (Å²) >= 11 is 1.99. The van der Waals surface area contributed by atoms with Crippen molar-refractivity contribution in [1.29, 1.82) is 0 Å². The molecule has 1 heterocycles. The molecular weight excluding hydrogens is 435 g/mol. The van der Waals surface area contributed by atoms with Gasteiger partial charge in [-0.2, -0.15) is 10.1 Å². The summed E-state index contributed by atoms with van der Waals surface area (Å²) in [5, 5.41) is 15.1. The largest absolute Gasteiger partial charge is 0.504 e. The number of ether oxygens (including phenoxy) is 1. The van der Waals surface area contributed by atoms with E-state index < -0.39 is 0 Å². The molecule has 0 spiro atoms. The van der Waals surface area contributed by atoms with Gasteiger partial charge in [-0.1, -0.05) is 12.2 Å². The highest BCUT2D eigenvalue weighted by Crippen LogP contribution is 2.49. The Morgan fingerprint density at radius 3 is 2.32 bits per heavy atom. The lowest BCUT2D eigenvalue weighted by Crippen LogP contribution is -2.38. The van der Waals surface area contributed by atoms with Crippen LogP contribution in [0, 0.1) is 27.2 Å². The third-order valence-corrected chi connectivity index (χ3v) is 6.15. The number of phenols is 1. The van der Waals surface area contributed by atoms with Crippen LogP contribution in [0.5, 0.6) is 11.5 Å². The number of methoxy groups -OCH3 is 1. The molecule has 4 aliphatic rings. The Hall–Kier alpha value is -1.90. The Kier molecular flexibility index (Phi) is 4.05. The minimum atomic E-state index is -0.261. The van der Waals surface area contributed by atoms with E-state index in [1.165, 1.54) is 13.3 Å². The quantitative estimate of drug-likeness (QED) is 0.331. The van der Waals surface area contributed by atoms with Crippen molar-refractivity contribution in [1.82, 2.24) is 5.01 Å². The van der Waals surface area contributed by atoms with E-state index >= 15 is 0 Å². The first-order valence-corrected chi connectivity index (χ1v) is 9.25. The zero-order valence-electron chi connectivity index (χ0n) is 13.6. The molecular formula is C18H17IN2O4. The summed E-state index contributed by atoms with van der Waals surface area (Å²) in [6.45, 7) is 0. The lowest BCUT2D eigenvalue weighted by molar-refractivity contribution is -0.140. The van der Waals surface area contributed by atoms with Crippen molar-refractivity contribution >= 4 is 40.6 Å². The van der Waals surface area contributed by atoms with Crippen molar-refractivity contribution in [2.45, 2.75) is 12.8 Å². The fourth-order valence-corrected chi connectivity index (χ4v) is 4.75. The molecule has 1 aromatic rings. The normalized spacial score (nSPS) is 30.4. The van der Waals surface area contributed by atoms with E-state index in [2.05, 4.69) is 17.3 Å². The number of hydrogen-bond donors (Lipinski definition) is 1. The maximum atomic E-state index is 12.7. The van der Waals surface area contributed by atoms with Crippen LogP contribution in [0.2, 0.25) is 0 Å². The van der Waals surface area contributed by atoms with Gasteiger partial charge in [0.1, 0.15) is 0 Å². The summed E-state index contributed by atoms with van der Waals surface area (Å²) in [5.74, 6) is -0.240. The number of hydrogen-bond acceptors (Lipinski definition) is 5. The second kappa shape index (κ2) is 6.12. The summed E-state index contributed by atoms with van der Waals surface area (Å²) in [6, 6.07) is 3.33. The van der Waals surface area contributed by atoms with E-state index in [0.717, 1.165) is 17.9 Å². The monoisotopic (exact) mass is 452 g/mol. The van der Waals surface area contributed by atoms with Gasteiger partial charge in [0.2, 0.25) is 0 Å². The fourth-order valence-electron chi connectivity index (χ4n) is 4.12. The molecule has 0 aromatic heterocycles. The lowest BCUT2D eigenvalue weighted by Gasteiger charge is -2.37. The average Bonchev–Trinajstić information content (AvgIpc) is 2.90. The second-order valence-corrected chi connectivity index (χ2v) is 7.79. The van der Waals surface area contributed by atoms with Crippen molar-refractivity contribution in [3.8, 4) is 11.5 Å². The van der Waals surface area contributed by atoms with E-state index in [-0.39, 0.29) is 41.2 Å². The first kappa shape index (κ1) is 16.6. The Morgan fingerprint density at radius 2 is 1.80 bits per heavy atom. The Bertz CT molecular complexity index is 788. The van der Waals surface area contributed by atoms with Crippen LogP contribution in [-0.4, -0.2) is 35.3 Å². The van der Waals surface area contributed by atoms with Gasteiger partial charge in [-0.3, -0.25) is 9.59 Å². The number of hydrazone groups is 1. The Morgan fingerprint density at radius 1 is 1.20 bits per heavy atom. The molecule has 1 saturated heterocycles. The number of aromatic hydroxyl groups is 1. The van der Waals surface area contributed by atoms with Gasteiger partial charge in [-0.25, -0.2) is 0 Å². The fraction of sp³-hybridized carbons (Fsp3) is 0.389. The summed E-state index contributed by atoms with van der Waals surface area (Å²) in [6.07, 6.45) is 7.56. The van der Waals surface area contributed by atoms with Crippen LogP contribution < -0.4 is 4.74 Å². The number of allylic oxidation sites excluding steroid dienone is 2. The van der Waals surface area contributed by atoms with Crippen molar-refractivity contribution < 1.29 is 19.4 Å². The number of nitrogens with zero attached hydrogens (tertiary/aromatic N) is 2. The van der Waals surface area contributed by atoms with E-state index in [1.807, 2.05) is 22.6 Å². The van der Waals surface area contributed by atoms with Crippen molar-refractivity contribution in [2.75, 3.05) is 7.11 Å².